The number of aryl methyl sites for hydroxylation is 1. The van der Waals surface area contributed by atoms with E-state index in [1.807, 2.05) is 62.4 Å². The monoisotopic (exact) mass is 450 g/mol. The summed E-state index contributed by atoms with van der Waals surface area (Å²) >= 11 is 0. The van der Waals surface area contributed by atoms with Crippen molar-refractivity contribution in [2.45, 2.75) is 84.3 Å². The summed E-state index contributed by atoms with van der Waals surface area (Å²) in [5, 5.41) is 3.17. The zero-order valence-electron chi connectivity index (χ0n) is 20.5. The van der Waals surface area contributed by atoms with Crippen LogP contribution in [0.5, 0.6) is 5.75 Å². The number of hydrogen-bond acceptors (Lipinski definition) is 3. The molecule has 1 atom stereocenters. The number of nitrogens with one attached hydrogen (secondary N) is 1. The lowest BCUT2D eigenvalue weighted by atomic mass is 9.95. The Morgan fingerprint density at radius 1 is 1.00 bits per heavy atom. The number of carbonyl (C=O) groups excluding carboxylic acids is 2. The quantitative estimate of drug-likeness (QED) is 0.559. The van der Waals surface area contributed by atoms with Crippen LogP contribution in [0.3, 0.4) is 0 Å². The van der Waals surface area contributed by atoms with Crippen molar-refractivity contribution in [3.05, 3.63) is 65.2 Å². The molecular weight excluding hydrogens is 412 g/mol. The van der Waals surface area contributed by atoms with Crippen LogP contribution in [-0.4, -0.2) is 35.4 Å². The lowest BCUT2D eigenvalue weighted by Crippen LogP contribution is -2.51. The van der Waals surface area contributed by atoms with E-state index in [0.29, 0.717) is 12.5 Å². The fraction of sp³-hybridized carbons (Fsp3) is 0.500. The van der Waals surface area contributed by atoms with Crippen molar-refractivity contribution in [2.75, 3.05) is 6.61 Å². The summed E-state index contributed by atoms with van der Waals surface area (Å²) in [5.74, 6) is 0.723. The first kappa shape index (κ1) is 24.8. The largest absolute Gasteiger partial charge is 0.483 e. The van der Waals surface area contributed by atoms with Crippen molar-refractivity contribution in [3.63, 3.8) is 0 Å². The minimum Gasteiger partial charge on any atom is -0.483 e. The Hall–Kier alpha value is -2.82. The minimum atomic E-state index is -0.579. The van der Waals surface area contributed by atoms with Gasteiger partial charge in [-0.05, 0) is 49.8 Å². The second-order valence-corrected chi connectivity index (χ2v) is 9.51. The lowest BCUT2D eigenvalue weighted by molar-refractivity contribution is -0.142. The van der Waals surface area contributed by atoms with Crippen molar-refractivity contribution < 1.29 is 14.3 Å². The third-order valence-corrected chi connectivity index (χ3v) is 6.48. The standard InChI is InChI=1S/C28H38N2O3/c1-20(2)25-12-8-9-13-26(25)33-19-27(31)30(18-23-16-14-21(3)15-17-23)22(4)28(32)29-24-10-6-5-7-11-24/h8-9,12-17,20,22,24H,5-7,10-11,18-19H2,1-4H3,(H,29,32)/t22-/m0/s1. The Morgan fingerprint density at radius 2 is 1.67 bits per heavy atom. The van der Waals surface area contributed by atoms with E-state index < -0.39 is 6.04 Å². The molecule has 1 aliphatic rings. The molecule has 0 radical (unpaired) electrons. The topological polar surface area (TPSA) is 58.6 Å². The third-order valence-electron chi connectivity index (χ3n) is 6.48. The lowest BCUT2D eigenvalue weighted by Gasteiger charge is -2.31. The molecule has 0 bridgehead atoms. The maximum atomic E-state index is 13.3. The predicted octanol–water partition coefficient (Wildman–Crippen LogP) is 5.36. The maximum Gasteiger partial charge on any atom is 0.261 e. The SMILES string of the molecule is Cc1ccc(CN(C(=O)COc2ccccc2C(C)C)[C@@H](C)C(=O)NC2CCCCC2)cc1. The summed E-state index contributed by atoms with van der Waals surface area (Å²) in [5.41, 5.74) is 3.22. The van der Waals surface area contributed by atoms with E-state index in [1.165, 1.54) is 6.42 Å². The van der Waals surface area contributed by atoms with Crippen LogP contribution in [0.15, 0.2) is 48.5 Å². The van der Waals surface area contributed by atoms with E-state index in [4.69, 9.17) is 4.74 Å². The number of ether oxygens (including phenoxy) is 1. The van der Waals surface area contributed by atoms with E-state index in [1.54, 1.807) is 4.90 Å². The van der Waals surface area contributed by atoms with Crippen LogP contribution in [0.1, 0.15) is 75.5 Å². The molecule has 0 heterocycles. The molecule has 3 rings (SSSR count). The Balaban J connectivity index is 1.73. The summed E-state index contributed by atoms with van der Waals surface area (Å²) < 4.78 is 5.95. The van der Waals surface area contributed by atoms with Crippen LogP contribution in [0, 0.1) is 6.92 Å². The smallest absolute Gasteiger partial charge is 0.261 e. The maximum absolute atomic E-state index is 13.3. The van der Waals surface area contributed by atoms with E-state index >= 15 is 0 Å². The molecule has 0 spiro atoms. The molecule has 1 fully saturated rings. The van der Waals surface area contributed by atoms with Gasteiger partial charge >= 0.3 is 0 Å². The predicted molar refractivity (Wildman–Crippen MR) is 132 cm³/mol. The molecule has 1 N–H and O–H groups in total. The Morgan fingerprint density at radius 3 is 2.33 bits per heavy atom. The van der Waals surface area contributed by atoms with Crippen molar-refractivity contribution in [2.24, 2.45) is 0 Å². The Bertz CT molecular complexity index is 917. The van der Waals surface area contributed by atoms with E-state index in [0.717, 1.165) is 48.1 Å². The van der Waals surface area contributed by atoms with E-state index in [9.17, 15) is 9.59 Å². The molecule has 178 valence electrons. The average molecular weight is 451 g/mol. The normalized spacial score (nSPS) is 15.2. The van der Waals surface area contributed by atoms with Gasteiger partial charge in [0.2, 0.25) is 5.91 Å². The molecule has 5 nitrogen and oxygen atoms in total. The van der Waals surface area contributed by atoms with Crippen LogP contribution in [0.4, 0.5) is 0 Å². The molecule has 1 saturated carbocycles. The molecule has 5 heteroatoms. The Labute approximate surface area is 198 Å². The third kappa shape index (κ3) is 7.08. The molecule has 1 aliphatic carbocycles. The van der Waals surface area contributed by atoms with Gasteiger partial charge in [-0.15, -0.1) is 0 Å². The van der Waals surface area contributed by atoms with Gasteiger partial charge in [0, 0.05) is 12.6 Å². The summed E-state index contributed by atoms with van der Waals surface area (Å²) in [6.45, 7) is 8.32. The molecule has 2 aromatic rings. The van der Waals surface area contributed by atoms with E-state index in [2.05, 4.69) is 19.2 Å². The van der Waals surface area contributed by atoms with Gasteiger partial charge in [0.1, 0.15) is 11.8 Å². The van der Waals surface area contributed by atoms with Crippen LogP contribution < -0.4 is 10.1 Å². The van der Waals surface area contributed by atoms with Crippen LogP contribution in [-0.2, 0) is 16.1 Å². The van der Waals surface area contributed by atoms with Crippen molar-refractivity contribution in [1.82, 2.24) is 10.2 Å². The molecule has 0 unspecified atom stereocenters. The summed E-state index contributed by atoms with van der Waals surface area (Å²) in [7, 11) is 0. The van der Waals surface area contributed by atoms with Gasteiger partial charge in [-0.1, -0.05) is 81.1 Å². The Kier molecular flexibility index (Phi) is 8.93. The molecule has 2 amide bonds. The number of rotatable bonds is 9. The summed E-state index contributed by atoms with van der Waals surface area (Å²) in [4.78, 5) is 28.0. The van der Waals surface area contributed by atoms with Crippen LogP contribution in [0.25, 0.3) is 0 Å². The fourth-order valence-electron chi connectivity index (χ4n) is 4.35. The zero-order chi connectivity index (χ0) is 23.8. The highest BCUT2D eigenvalue weighted by Gasteiger charge is 2.28. The summed E-state index contributed by atoms with van der Waals surface area (Å²) in [6.07, 6.45) is 5.55. The van der Waals surface area contributed by atoms with E-state index in [-0.39, 0.29) is 24.5 Å². The van der Waals surface area contributed by atoms with Gasteiger partial charge in [0.15, 0.2) is 6.61 Å². The van der Waals surface area contributed by atoms with Gasteiger partial charge in [0.25, 0.3) is 5.91 Å². The average Bonchev–Trinajstić information content (AvgIpc) is 2.82. The van der Waals surface area contributed by atoms with Gasteiger partial charge < -0.3 is 15.0 Å². The number of para-hydroxylation sites is 1. The van der Waals surface area contributed by atoms with Gasteiger partial charge in [-0.2, -0.15) is 0 Å². The molecular formula is C28H38N2O3. The van der Waals surface area contributed by atoms with Crippen LogP contribution >= 0.6 is 0 Å². The highest BCUT2D eigenvalue weighted by Crippen LogP contribution is 2.26. The number of amides is 2. The molecule has 0 aliphatic heterocycles. The number of benzene rings is 2. The van der Waals surface area contributed by atoms with Crippen molar-refractivity contribution >= 4 is 11.8 Å². The molecule has 0 aromatic heterocycles. The number of nitrogens with zero attached hydrogens (tertiary/aromatic N) is 1. The van der Waals surface area contributed by atoms with Gasteiger partial charge in [0.05, 0.1) is 0 Å². The first-order valence-corrected chi connectivity index (χ1v) is 12.2. The minimum absolute atomic E-state index is 0.0926. The first-order valence-electron chi connectivity index (χ1n) is 12.2. The van der Waals surface area contributed by atoms with Crippen LogP contribution in [0.2, 0.25) is 0 Å². The first-order chi connectivity index (χ1) is 15.8. The molecule has 0 saturated heterocycles. The van der Waals surface area contributed by atoms with Crippen molar-refractivity contribution in [1.29, 1.82) is 0 Å². The van der Waals surface area contributed by atoms with Gasteiger partial charge in [-0.25, -0.2) is 0 Å². The summed E-state index contributed by atoms with van der Waals surface area (Å²) in [6, 6.07) is 15.5. The highest BCUT2D eigenvalue weighted by atomic mass is 16.5. The molecule has 33 heavy (non-hydrogen) atoms. The number of carbonyl (C=O) groups is 2. The zero-order valence-corrected chi connectivity index (χ0v) is 20.5. The van der Waals surface area contributed by atoms with Crippen molar-refractivity contribution in [3.8, 4) is 5.75 Å². The number of hydrogen-bond donors (Lipinski definition) is 1. The fourth-order valence-corrected chi connectivity index (χ4v) is 4.35. The highest BCUT2D eigenvalue weighted by molar-refractivity contribution is 5.88. The molecule has 2 aromatic carbocycles. The van der Waals surface area contributed by atoms with Gasteiger partial charge in [-0.3, -0.25) is 9.59 Å². The second kappa shape index (κ2) is 11.9. The second-order valence-electron chi connectivity index (χ2n) is 9.51.